The van der Waals surface area contributed by atoms with Crippen LogP contribution in [-0.2, 0) is 0 Å². The van der Waals surface area contributed by atoms with Crippen LogP contribution in [0.4, 0.5) is 0 Å². The third-order valence-electron chi connectivity index (χ3n) is 4.41. The fourth-order valence-electron chi connectivity index (χ4n) is 2.91. The predicted molar refractivity (Wildman–Crippen MR) is 66.4 cm³/mol. The second-order valence-corrected chi connectivity index (χ2v) is 5.83. The lowest BCUT2D eigenvalue weighted by Gasteiger charge is -2.36. The van der Waals surface area contributed by atoms with Crippen LogP contribution in [0.1, 0.15) is 32.6 Å². The summed E-state index contributed by atoms with van der Waals surface area (Å²) >= 11 is 0. The van der Waals surface area contributed by atoms with Crippen LogP contribution in [0.2, 0.25) is 0 Å². The highest BCUT2D eigenvalue weighted by Crippen LogP contribution is 2.27. The fourth-order valence-corrected chi connectivity index (χ4v) is 2.91. The minimum atomic E-state index is -0.00886. The van der Waals surface area contributed by atoms with Crippen LogP contribution in [0.25, 0.3) is 0 Å². The summed E-state index contributed by atoms with van der Waals surface area (Å²) in [6, 6.07) is 0.645. The maximum Gasteiger partial charge on any atom is 0.0546 e. The second-order valence-electron chi connectivity index (χ2n) is 5.83. The zero-order valence-corrected chi connectivity index (χ0v) is 10.7. The molecule has 2 N–H and O–H groups in total. The van der Waals surface area contributed by atoms with E-state index in [-0.39, 0.29) is 6.10 Å². The minimum Gasteiger partial charge on any atom is -0.393 e. The Kier molecular flexibility index (Phi) is 4.22. The van der Waals surface area contributed by atoms with Gasteiger partial charge < -0.3 is 15.3 Å². The van der Waals surface area contributed by atoms with E-state index in [2.05, 4.69) is 24.2 Å². The number of aliphatic hydroxyl groups excluding tert-OH is 1. The van der Waals surface area contributed by atoms with E-state index < -0.39 is 0 Å². The average Bonchev–Trinajstić information content (AvgIpc) is 2.23. The van der Waals surface area contributed by atoms with Crippen molar-refractivity contribution >= 4 is 0 Å². The first-order valence-corrected chi connectivity index (χ1v) is 6.75. The molecule has 3 heteroatoms. The first-order valence-electron chi connectivity index (χ1n) is 6.75. The van der Waals surface area contributed by atoms with Crippen molar-refractivity contribution in [1.29, 1.82) is 0 Å². The molecule has 1 aliphatic carbocycles. The van der Waals surface area contributed by atoms with E-state index in [4.69, 9.17) is 0 Å². The molecule has 0 bridgehead atoms. The first-order chi connectivity index (χ1) is 7.65. The highest BCUT2D eigenvalue weighted by molar-refractivity contribution is 4.83. The molecule has 0 spiro atoms. The number of rotatable bonds is 4. The van der Waals surface area contributed by atoms with Gasteiger partial charge in [0.25, 0.3) is 0 Å². The lowest BCUT2D eigenvalue weighted by atomic mass is 9.82. The van der Waals surface area contributed by atoms with Gasteiger partial charge in [-0.15, -0.1) is 0 Å². The molecule has 2 aliphatic rings. The van der Waals surface area contributed by atoms with Gasteiger partial charge in [0, 0.05) is 6.04 Å². The Balaban J connectivity index is 1.62. The molecule has 16 heavy (non-hydrogen) atoms. The molecule has 1 unspecified atom stereocenters. The number of piperidine rings is 1. The summed E-state index contributed by atoms with van der Waals surface area (Å²) in [7, 11) is 2.21. The van der Waals surface area contributed by atoms with E-state index in [1.165, 1.54) is 25.9 Å². The molecule has 0 aromatic rings. The first kappa shape index (κ1) is 12.3. The number of likely N-dealkylation sites (tertiary alicyclic amines) is 1. The lowest BCUT2D eigenvalue weighted by molar-refractivity contribution is 0.0404. The largest absolute Gasteiger partial charge is 0.393 e. The summed E-state index contributed by atoms with van der Waals surface area (Å²) in [6.45, 7) is 5.92. The molecule has 1 heterocycles. The maximum absolute atomic E-state index is 9.23. The van der Waals surface area contributed by atoms with Crippen molar-refractivity contribution < 1.29 is 5.11 Å². The molecule has 1 atom stereocenters. The van der Waals surface area contributed by atoms with Crippen LogP contribution in [0.15, 0.2) is 0 Å². The standard InChI is InChI=1S/C13H26N2O/c1-10(12-3-5-15(2)6-4-12)14-9-11-7-13(16)8-11/h10-14,16H,3-9H2,1-2H3. The van der Waals surface area contributed by atoms with Crippen LogP contribution in [0.3, 0.4) is 0 Å². The van der Waals surface area contributed by atoms with Gasteiger partial charge in [-0.2, -0.15) is 0 Å². The second kappa shape index (κ2) is 5.48. The Hall–Kier alpha value is -0.120. The quantitative estimate of drug-likeness (QED) is 0.753. The Morgan fingerprint density at radius 1 is 1.31 bits per heavy atom. The van der Waals surface area contributed by atoms with Crippen molar-refractivity contribution in [3.63, 3.8) is 0 Å². The van der Waals surface area contributed by atoms with Gasteiger partial charge in [0.2, 0.25) is 0 Å². The van der Waals surface area contributed by atoms with Crippen molar-refractivity contribution in [3.8, 4) is 0 Å². The van der Waals surface area contributed by atoms with Gasteiger partial charge in [0.05, 0.1) is 6.10 Å². The molecule has 0 aromatic carbocycles. The smallest absolute Gasteiger partial charge is 0.0546 e. The predicted octanol–water partition coefficient (Wildman–Crippen LogP) is 1.08. The van der Waals surface area contributed by atoms with Gasteiger partial charge in [-0.1, -0.05) is 0 Å². The highest BCUT2D eigenvalue weighted by Gasteiger charge is 2.28. The summed E-state index contributed by atoms with van der Waals surface area (Å²) in [6.07, 6.45) is 4.67. The van der Waals surface area contributed by atoms with Gasteiger partial charge in [0.15, 0.2) is 0 Å². The Labute approximate surface area is 99.2 Å². The SMILES string of the molecule is CC(NCC1CC(O)C1)C1CCN(C)CC1. The van der Waals surface area contributed by atoms with Crippen LogP contribution in [-0.4, -0.2) is 48.8 Å². The molecule has 1 saturated heterocycles. The third kappa shape index (κ3) is 3.19. The number of aliphatic hydroxyl groups is 1. The van der Waals surface area contributed by atoms with E-state index in [0.717, 1.165) is 31.2 Å². The number of nitrogens with zero attached hydrogens (tertiary/aromatic N) is 1. The van der Waals surface area contributed by atoms with Gasteiger partial charge in [-0.25, -0.2) is 0 Å². The minimum absolute atomic E-state index is 0.00886. The van der Waals surface area contributed by atoms with Gasteiger partial charge >= 0.3 is 0 Å². The van der Waals surface area contributed by atoms with Crippen molar-refractivity contribution in [2.75, 3.05) is 26.7 Å². The number of hydrogen-bond acceptors (Lipinski definition) is 3. The molecule has 0 amide bonds. The summed E-state index contributed by atoms with van der Waals surface area (Å²) in [5.41, 5.74) is 0. The van der Waals surface area contributed by atoms with Gasteiger partial charge in [-0.05, 0) is 71.1 Å². The molecule has 94 valence electrons. The van der Waals surface area contributed by atoms with Crippen LogP contribution >= 0.6 is 0 Å². The summed E-state index contributed by atoms with van der Waals surface area (Å²) in [5, 5.41) is 12.9. The Morgan fingerprint density at radius 2 is 1.94 bits per heavy atom. The topological polar surface area (TPSA) is 35.5 Å². The van der Waals surface area contributed by atoms with Crippen molar-refractivity contribution in [2.45, 2.75) is 44.8 Å². The maximum atomic E-state index is 9.23. The van der Waals surface area contributed by atoms with E-state index in [1.807, 2.05) is 0 Å². The number of hydrogen-bond donors (Lipinski definition) is 2. The molecule has 1 saturated carbocycles. The molecule has 0 radical (unpaired) electrons. The van der Waals surface area contributed by atoms with Crippen LogP contribution in [0.5, 0.6) is 0 Å². The van der Waals surface area contributed by atoms with Gasteiger partial charge in [0.1, 0.15) is 0 Å². The Morgan fingerprint density at radius 3 is 2.50 bits per heavy atom. The Bertz CT molecular complexity index is 208. The molecule has 0 aromatic heterocycles. The van der Waals surface area contributed by atoms with E-state index in [1.54, 1.807) is 0 Å². The molecule has 2 fully saturated rings. The average molecular weight is 226 g/mol. The molecule has 1 aliphatic heterocycles. The third-order valence-corrected chi connectivity index (χ3v) is 4.41. The summed E-state index contributed by atoms with van der Waals surface area (Å²) < 4.78 is 0. The lowest BCUT2D eigenvalue weighted by Crippen LogP contribution is -2.44. The summed E-state index contributed by atoms with van der Waals surface area (Å²) in [4.78, 5) is 2.42. The van der Waals surface area contributed by atoms with Crippen LogP contribution in [0, 0.1) is 11.8 Å². The van der Waals surface area contributed by atoms with E-state index in [9.17, 15) is 5.11 Å². The number of nitrogens with one attached hydrogen (secondary N) is 1. The van der Waals surface area contributed by atoms with Gasteiger partial charge in [-0.3, -0.25) is 0 Å². The van der Waals surface area contributed by atoms with Crippen LogP contribution < -0.4 is 5.32 Å². The molecular weight excluding hydrogens is 200 g/mol. The van der Waals surface area contributed by atoms with E-state index in [0.29, 0.717) is 6.04 Å². The monoisotopic (exact) mass is 226 g/mol. The van der Waals surface area contributed by atoms with Crippen molar-refractivity contribution in [2.24, 2.45) is 11.8 Å². The van der Waals surface area contributed by atoms with Crippen molar-refractivity contribution in [1.82, 2.24) is 10.2 Å². The normalized spacial score (nSPS) is 34.7. The zero-order valence-electron chi connectivity index (χ0n) is 10.7. The molecular formula is C13H26N2O. The van der Waals surface area contributed by atoms with Crippen molar-refractivity contribution in [3.05, 3.63) is 0 Å². The highest BCUT2D eigenvalue weighted by atomic mass is 16.3. The zero-order chi connectivity index (χ0) is 11.5. The van der Waals surface area contributed by atoms with E-state index >= 15 is 0 Å². The summed E-state index contributed by atoms with van der Waals surface area (Å²) in [5.74, 6) is 1.57. The fraction of sp³-hybridized carbons (Fsp3) is 1.00. The molecule has 3 nitrogen and oxygen atoms in total. The molecule has 2 rings (SSSR count).